The molecule has 0 atom stereocenters. The predicted octanol–water partition coefficient (Wildman–Crippen LogP) is 12.0. The van der Waals surface area contributed by atoms with Gasteiger partial charge in [-0.15, -0.1) is 10.2 Å². The van der Waals surface area contributed by atoms with Crippen molar-refractivity contribution >= 4 is 22.8 Å². The molecule has 0 N–H and O–H groups in total. The highest BCUT2D eigenvalue weighted by atomic mass is 16.1. The third kappa shape index (κ3) is 4.85. The van der Waals surface area contributed by atoms with E-state index in [2.05, 4.69) is 155 Å². The lowest BCUT2D eigenvalue weighted by Gasteiger charge is -2.49. The molecule has 1 aliphatic heterocycles. The second kappa shape index (κ2) is 13.0. The molecule has 0 saturated heterocycles. The van der Waals surface area contributed by atoms with E-state index in [1.54, 1.807) is 0 Å². The molecule has 0 unspecified atom stereocenters. The fraction of sp³-hybridized carbons (Fsp3) is 0.0192. The van der Waals surface area contributed by atoms with E-state index in [0.717, 1.165) is 90.0 Å². The fourth-order valence-corrected chi connectivity index (χ4v) is 9.18. The summed E-state index contributed by atoms with van der Waals surface area (Å²) in [6.07, 6.45) is 0. The van der Waals surface area contributed by atoms with Crippen molar-refractivity contribution in [1.82, 2.24) is 14.8 Å². The summed E-state index contributed by atoms with van der Waals surface area (Å²) in [6, 6.07) is 71.5. The zero-order chi connectivity index (χ0) is 37.9. The second-order valence-corrected chi connectivity index (χ2v) is 14.5. The summed E-state index contributed by atoms with van der Waals surface area (Å²) in [7, 11) is 0. The summed E-state index contributed by atoms with van der Waals surface area (Å²) in [5.74, 6) is 1.57. The first-order valence-electron chi connectivity index (χ1n) is 19.2. The number of nitrogens with zero attached hydrogens (tertiary/aromatic N) is 4. The molecule has 11 rings (SSSR count). The molecule has 5 nitrogen and oxygen atoms in total. The van der Waals surface area contributed by atoms with Gasteiger partial charge in [0.1, 0.15) is 0 Å². The smallest absolute Gasteiger partial charge is 0.193 e. The Morgan fingerprint density at radius 2 is 0.825 bits per heavy atom. The van der Waals surface area contributed by atoms with Crippen LogP contribution in [0.25, 0.3) is 39.6 Å². The topological polar surface area (TPSA) is 51.0 Å². The van der Waals surface area contributed by atoms with E-state index in [1.807, 2.05) is 60.7 Å². The van der Waals surface area contributed by atoms with Gasteiger partial charge in [0, 0.05) is 33.5 Å². The molecular formula is C52H34N4O. The molecule has 0 amide bonds. The van der Waals surface area contributed by atoms with Crippen LogP contribution in [0.2, 0.25) is 0 Å². The minimum Gasteiger partial charge on any atom is -0.310 e. The van der Waals surface area contributed by atoms with Gasteiger partial charge in [0.05, 0.1) is 22.5 Å². The van der Waals surface area contributed by atoms with Gasteiger partial charge in [-0.25, -0.2) is 0 Å². The molecule has 1 aliphatic carbocycles. The number of para-hydroxylation sites is 3. The molecular weight excluding hydrogens is 697 g/mol. The Labute approximate surface area is 330 Å². The second-order valence-electron chi connectivity index (χ2n) is 14.5. The van der Waals surface area contributed by atoms with Crippen LogP contribution in [0.3, 0.4) is 0 Å². The van der Waals surface area contributed by atoms with Crippen LogP contribution < -0.4 is 4.90 Å². The Morgan fingerprint density at radius 1 is 0.368 bits per heavy atom. The van der Waals surface area contributed by atoms with Gasteiger partial charge in [0.25, 0.3) is 0 Å². The molecule has 0 radical (unpaired) electrons. The zero-order valence-corrected chi connectivity index (χ0v) is 30.8. The summed E-state index contributed by atoms with van der Waals surface area (Å²) in [6.45, 7) is 0. The van der Waals surface area contributed by atoms with Gasteiger partial charge >= 0.3 is 0 Å². The van der Waals surface area contributed by atoms with E-state index in [9.17, 15) is 4.79 Å². The number of hydrogen-bond donors (Lipinski definition) is 0. The molecule has 2 heterocycles. The number of hydrogen-bond acceptors (Lipinski definition) is 4. The maximum Gasteiger partial charge on any atom is 0.193 e. The summed E-state index contributed by atoms with van der Waals surface area (Å²) < 4.78 is 2.19. The minimum atomic E-state index is -0.801. The number of carbonyl (C=O) groups is 1. The Balaban J connectivity index is 1.23. The number of carbonyl (C=O) groups excluding carboxylic acids is 1. The summed E-state index contributed by atoms with van der Waals surface area (Å²) in [5, 5.41) is 9.63. The molecule has 9 aromatic rings. The van der Waals surface area contributed by atoms with Crippen molar-refractivity contribution in [1.29, 1.82) is 0 Å². The highest BCUT2D eigenvalue weighted by molar-refractivity contribution is 6.15. The van der Waals surface area contributed by atoms with Gasteiger partial charge in [-0.3, -0.25) is 9.36 Å². The fourth-order valence-electron chi connectivity index (χ4n) is 9.18. The van der Waals surface area contributed by atoms with Gasteiger partial charge in [0.2, 0.25) is 0 Å². The zero-order valence-electron chi connectivity index (χ0n) is 30.8. The first kappa shape index (κ1) is 32.8. The summed E-state index contributed by atoms with van der Waals surface area (Å²) in [4.78, 5) is 16.8. The van der Waals surface area contributed by atoms with E-state index >= 15 is 0 Å². The van der Waals surface area contributed by atoms with Crippen LogP contribution in [0.4, 0.5) is 17.1 Å². The van der Waals surface area contributed by atoms with Gasteiger partial charge in [-0.05, 0) is 64.2 Å². The third-order valence-electron chi connectivity index (χ3n) is 11.5. The van der Waals surface area contributed by atoms with Gasteiger partial charge in [-0.2, -0.15) is 0 Å². The van der Waals surface area contributed by atoms with Crippen molar-refractivity contribution in [2.24, 2.45) is 0 Å². The van der Waals surface area contributed by atoms with Crippen LogP contribution in [0.5, 0.6) is 0 Å². The number of fused-ring (bicyclic) bond motifs is 8. The Kier molecular flexibility index (Phi) is 7.47. The molecule has 0 bridgehead atoms. The van der Waals surface area contributed by atoms with E-state index in [4.69, 9.17) is 10.2 Å². The van der Waals surface area contributed by atoms with Gasteiger partial charge < -0.3 is 4.90 Å². The SMILES string of the molecule is O=C1c2ccccc2C2(c3ccccc31)c1ccccc1N(c1ccccc1)c1ccc(-c3ccccc3-n3c(-c4ccccc4)nnc3-c3ccccc3)cc12. The number of anilines is 3. The molecule has 0 fully saturated rings. The highest BCUT2D eigenvalue weighted by Crippen LogP contribution is 2.60. The maximum atomic E-state index is 14.4. The average Bonchev–Trinajstić information content (AvgIpc) is 3.74. The molecule has 8 aromatic carbocycles. The third-order valence-corrected chi connectivity index (χ3v) is 11.5. The van der Waals surface area contributed by atoms with Crippen molar-refractivity contribution in [3.63, 3.8) is 0 Å². The molecule has 2 aliphatic rings. The first-order chi connectivity index (χ1) is 28.2. The monoisotopic (exact) mass is 730 g/mol. The van der Waals surface area contributed by atoms with E-state index in [1.165, 1.54) is 0 Å². The Morgan fingerprint density at radius 3 is 1.42 bits per heavy atom. The van der Waals surface area contributed by atoms with Crippen molar-refractivity contribution in [3.8, 4) is 39.6 Å². The van der Waals surface area contributed by atoms with E-state index in [0.29, 0.717) is 0 Å². The lowest BCUT2D eigenvalue weighted by atomic mass is 9.57. The van der Waals surface area contributed by atoms with Crippen molar-refractivity contribution in [3.05, 3.63) is 240 Å². The summed E-state index contributed by atoms with van der Waals surface area (Å²) in [5.41, 5.74) is 13.0. The van der Waals surface area contributed by atoms with Crippen molar-refractivity contribution in [2.45, 2.75) is 5.41 Å². The molecule has 5 heteroatoms. The highest BCUT2D eigenvalue weighted by Gasteiger charge is 2.51. The van der Waals surface area contributed by atoms with Crippen LogP contribution >= 0.6 is 0 Å². The first-order valence-corrected chi connectivity index (χ1v) is 19.2. The molecule has 0 saturated carbocycles. The Bertz CT molecular complexity index is 2880. The standard InChI is InChI=1S/C52H34N4O/c57-49-40-25-10-13-27-42(40)52(43-28-14-11-26-41(43)49)44-29-15-17-31-47(44)55(38-22-8-3-9-23-38)48-33-32-37(34-45(48)52)39-24-12-16-30-46(39)56-50(35-18-4-1-5-19-35)53-54-51(56)36-20-6-2-7-21-36/h1-34H. The lowest BCUT2D eigenvalue weighted by molar-refractivity contribution is 0.103. The maximum absolute atomic E-state index is 14.4. The van der Waals surface area contributed by atoms with Crippen LogP contribution in [0, 0.1) is 0 Å². The quantitative estimate of drug-likeness (QED) is 0.177. The number of benzene rings is 8. The van der Waals surface area contributed by atoms with Crippen LogP contribution in [0.15, 0.2) is 206 Å². The molecule has 1 spiro atoms. The molecule has 268 valence electrons. The van der Waals surface area contributed by atoms with Crippen LogP contribution in [-0.2, 0) is 5.41 Å². The van der Waals surface area contributed by atoms with Crippen molar-refractivity contribution in [2.75, 3.05) is 4.90 Å². The van der Waals surface area contributed by atoms with Crippen molar-refractivity contribution < 1.29 is 4.79 Å². The number of aromatic nitrogens is 3. The average molecular weight is 731 g/mol. The number of ketones is 1. The predicted molar refractivity (Wildman–Crippen MR) is 228 cm³/mol. The number of rotatable bonds is 5. The summed E-state index contributed by atoms with van der Waals surface area (Å²) >= 11 is 0. The van der Waals surface area contributed by atoms with E-state index in [-0.39, 0.29) is 5.78 Å². The Hall–Kier alpha value is -7.63. The van der Waals surface area contributed by atoms with Gasteiger partial charge in [-0.1, -0.05) is 170 Å². The molecule has 57 heavy (non-hydrogen) atoms. The molecule has 1 aromatic heterocycles. The normalized spacial score (nSPS) is 13.4. The van der Waals surface area contributed by atoms with Gasteiger partial charge in [0.15, 0.2) is 17.4 Å². The largest absolute Gasteiger partial charge is 0.310 e. The van der Waals surface area contributed by atoms with Crippen LogP contribution in [-0.4, -0.2) is 20.5 Å². The van der Waals surface area contributed by atoms with E-state index < -0.39 is 5.41 Å². The minimum absolute atomic E-state index is 0.0485. The van der Waals surface area contributed by atoms with Crippen LogP contribution in [0.1, 0.15) is 38.2 Å². The lowest BCUT2D eigenvalue weighted by Crippen LogP contribution is -2.42.